The highest BCUT2D eigenvalue weighted by molar-refractivity contribution is 7.98. The number of primary amides is 3. The number of rotatable bonds is 43. The molecule has 0 spiro atoms. The third-order valence-electron chi connectivity index (χ3n) is 15.4. The van der Waals surface area contributed by atoms with Crippen LogP contribution in [0.2, 0.25) is 0 Å². The Hall–Kier alpha value is -7.78. The number of carbonyl (C=O) groups excluding carboxylic acids is 13. The summed E-state index contributed by atoms with van der Waals surface area (Å²) in [7, 11) is 0. The number of benzene rings is 1. The number of nitrogens with two attached hydrogens (primary N) is 7. The van der Waals surface area contributed by atoms with Crippen molar-refractivity contribution in [2.45, 2.75) is 183 Å². The summed E-state index contributed by atoms with van der Waals surface area (Å²) in [6.07, 6.45) is 5.19. The number of carbonyl (C=O) groups is 13. The number of aliphatic imine (C=N–C) groups is 1. The fourth-order valence-corrected chi connectivity index (χ4v) is 11.4. The fraction of sp³-hybridized carbons (Fsp3) is 0.661. The molecule has 2 aliphatic rings. The Bertz CT molecular complexity index is 2690. The van der Waals surface area contributed by atoms with E-state index in [9.17, 15) is 62.3 Å². The molecule has 10 atom stereocenters. The van der Waals surface area contributed by atoms with E-state index in [1.54, 1.807) is 36.6 Å². The number of unbranched alkanes of at least 4 members (excludes halogenated alkanes) is 1. The van der Waals surface area contributed by atoms with E-state index in [0.717, 1.165) is 0 Å². The van der Waals surface area contributed by atoms with Gasteiger partial charge in [0.15, 0.2) is 5.96 Å². The number of thioether (sulfide) groups is 2. The van der Waals surface area contributed by atoms with Crippen molar-refractivity contribution in [3.63, 3.8) is 0 Å². The summed E-state index contributed by atoms with van der Waals surface area (Å²) >= 11 is 2.78. The van der Waals surface area contributed by atoms with E-state index in [-0.39, 0.29) is 95.2 Å². The van der Waals surface area contributed by atoms with Crippen LogP contribution in [0.5, 0.6) is 0 Å². The van der Waals surface area contributed by atoms with Gasteiger partial charge in [0.25, 0.3) is 0 Å². The second-order valence-corrected chi connectivity index (χ2v) is 25.2. The van der Waals surface area contributed by atoms with Crippen LogP contribution >= 0.6 is 23.5 Å². The number of nitrogens with zero attached hydrogens (tertiary/aromatic N) is 3. The molecule has 0 radical (unpaired) electrons. The third-order valence-corrected chi connectivity index (χ3v) is 16.6. The van der Waals surface area contributed by atoms with Gasteiger partial charge in [-0.15, -0.1) is 0 Å². The lowest BCUT2D eigenvalue weighted by Gasteiger charge is -2.32. The maximum absolute atomic E-state index is 14.5. The van der Waals surface area contributed by atoms with E-state index in [4.69, 9.17) is 40.1 Å². The van der Waals surface area contributed by atoms with Crippen LogP contribution in [0, 0.1) is 5.92 Å². The average molecular weight is 1330 g/mol. The maximum atomic E-state index is 14.5. The highest BCUT2D eigenvalue weighted by atomic mass is 32.2. The predicted molar refractivity (Wildman–Crippen MR) is 348 cm³/mol. The smallest absolute Gasteiger partial charge is 0.245 e. The van der Waals surface area contributed by atoms with Gasteiger partial charge in [-0.1, -0.05) is 44.2 Å². The van der Waals surface area contributed by atoms with Crippen molar-refractivity contribution in [3.8, 4) is 0 Å². The highest BCUT2D eigenvalue weighted by Crippen LogP contribution is 2.23. The van der Waals surface area contributed by atoms with E-state index < -0.39 is 163 Å². The van der Waals surface area contributed by atoms with E-state index in [0.29, 0.717) is 49.8 Å². The first-order chi connectivity index (χ1) is 43.7. The van der Waals surface area contributed by atoms with Gasteiger partial charge in [0.05, 0.1) is 12.6 Å². The highest BCUT2D eigenvalue weighted by Gasteiger charge is 2.42. The first-order valence-electron chi connectivity index (χ1n) is 31.1. The molecule has 0 unspecified atom stereocenters. The Morgan fingerprint density at radius 3 is 1.55 bits per heavy atom. The van der Waals surface area contributed by atoms with Gasteiger partial charge in [-0.3, -0.25) is 67.3 Å². The Labute approximate surface area is 545 Å². The van der Waals surface area contributed by atoms with Crippen LogP contribution in [0.25, 0.3) is 0 Å². The molecule has 2 saturated heterocycles. The minimum Gasteiger partial charge on any atom is -0.370 e. The molecular formula is C59H98N18O13S2. The average Bonchev–Trinajstić information content (AvgIpc) is 1.98. The Morgan fingerprint density at radius 2 is 1.04 bits per heavy atom. The Kier molecular flexibility index (Phi) is 35.5. The standard InChI is InChI=1S/C59H98N18O13S2/c1-34(2)31-42(54(86)70-37(49(64)81)23-29-91-3)69-48(80)33-68-50(82)43(32-35-13-6-5-7-14-35)75-53(85)40(24-30-92-4)72-51(83)38(19-21-46(62)78)71-52(84)39(20-22-47(63)79)73-55(87)45-18-12-28-77(45)58(90)41(16-8-9-25-60)74-56(88)44-17-11-27-76(44)57(89)36(61)15-10-26-67-59(65)66/h5-7,13-14,34,36-45H,8-12,15-33,60-61H2,1-4H3,(H2,62,78)(H2,63,79)(H2,64,81)(H,68,82)(H,69,80)(H,70,86)(H,71,84)(H,72,83)(H,73,87)(H,74,88)(H,75,85)(H4,65,66,67)/t36-,37-,38-,39-,40-,41-,42-,43-,44-,45-/m0/s1. The second-order valence-electron chi connectivity index (χ2n) is 23.2. The SMILES string of the molecule is CSCC[C@H](NC(=O)[C@H](CC(C)C)NC(=O)CNC(=O)[C@H](Cc1ccccc1)NC(=O)[C@H](CCSC)NC(=O)[C@H](CCC(N)=O)NC(=O)[C@H](CCC(N)=O)NC(=O)[C@@H]1CCCN1C(=O)[C@H](CCCCN)NC(=O)[C@@H]1CCCN1C(=O)[C@@H](N)CCCN=C(N)N)C(N)=O. The van der Waals surface area contributed by atoms with Gasteiger partial charge in [-0.2, -0.15) is 23.5 Å². The molecular weight excluding hydrogens is 1230 g/mol. The van der Waals surface area contributed by atoms with Crippen LogP contribution in [0.15, 0.2) is 35.3 Å². The number of likely N-dealkylation sites (tertiary alicyclic amines) is 2. The van der Waals surface area contributed by atoms with Crippen molar-refractivity contribution in [2.75, 3.05) is 56.7 Å². The van der Waals surface area contributed by atoms with Crippen LogP contribution in [0.4, 0.5) is 0 Å². The largest absolute Gasteiger partial charge is 0.370 e. The summed E-state index contributed by atoms with van der Waals surface area (Å²) in [6, 6.07) is -3.65. The van der Waals surface area contributed by atoms with Crippen molar-refractivity contribution < 1.29 is 62.3 Å². The summed E-state index contributed by atoms with van der Waals surface area (Å²) in [5, 5.41) is 21.0. The van der Waals surface area contributed by atoms with Crippen molar-refractivity contribution >= 4 is 106 Å². The normalized spacial score (nSPS) is 17.0. The van der Waals surface area contributed by atoms with Gasteiger partial charge >= 0.3 is 0 Å². The molecule has 2 heterocycles. The molecule has 1 aromatic rings. The quantitative estimate of drug-likeness (QED) is 0.0167. The zero-order valence-corrected chi connectivity index (χ0v) is 54.8. The molecule has 13 amide bonds. The van der Waals surface area contributed by atoms with E-state index in [1.807, 2.05) is 20.1 Å². The van der Waals surface area contributed by atoms with Gasteiger partial charge in [-0.05, 0) is 132 Å². The molecule has 0 aromatic heterocycles. The topological polar surface area (TPSA) is 519 Å². The lowest BCUT2D eigenvalue weighted by Crippen LogP contribution is -2.60. The van der Waals surface area contributed by atoms with Crippen LogP contribution < -0.4 is 82.7 Å². The van der Waals surface area contributed by atoms with Crippen molar-refractivity contribution in [1.82, 2.24) is 52.3 Å². The van der Waals surface area contributed by atoms with Crippen molar-refractivity contribution in [3.05, 3.63) is 35.9 Å². The van der Waals surface area contributed by atoms with Crippen LogP contribution in [-0.2, 0) is 68.7 Å². The Balaban J connectivity index is 1.85. The molecule has 0 aliphatic carbocycles. The molecule has 1 aromatic carbocycles. The van der Waals surface area contributed by atoms with Gasteiger partial charge in [0.1, 0.15) is 54.4 Å². The van der Waals surface area contributed by atoms with Crippen LogP contribution in [0.3, 0.4) is 0 Å². The summed E-state index contributed by atoms with van der Waals surface area (Å²) in [4.78, 5) is 183. The number of guanidine groups is 1. The number of amides is 13. The van der Waals surface area contributed by atoms with Crippen LogP contribution in [-0.4, -0.2) is 210 Å². The maximum Gasteiger partial charge on any atom is 0.245 e. The van der Waals surface area contributed by atoms with Gasteiger partial charge in [0.2, 0.25) is 76.8 Å². The lowest BCUT2D eigenvalue weighted by atomic mass is 10.0. The molecule has 33 heteroatoms. The van der Waals surface area contributed by atoms with Crippen LogP contribution in [0.1, 0.15) is 122 Å². The first-order valence-corrected chi connectivity index (χ1v) is 33.9. The number of hydrogen-bond acceptors (Lipinski definition) is 18. The fourth-order valence-electron chi connectivity index (χ4n) is 10.5. The molecule has 2 aliphatic heterocycles. The molecule has 3 rings (SSSR count). The minimum atomic E-state index is -1.60. The lowest BCUT2D eigenvalue weighted by molar-refractivity contribution is -0.144. The summed E-state index contributed by atoms with van der Waals surface area (Å²) in [5.41, 5.74) is 40.0. The zero-order valence-electron chi connectivity index (χ0n) is 53.2. The van der Waals surface area contributed by atoms with Crippen molar-refractivity contribution in [2.24, 2.45) is 51.0 Å². The van der Waals surface area contributed by atoms with E-state index in [1.165, 1.54) is 33.3 Å². The first kappa shape index (κ1) is 78.5. The number of nitrogens with one attached hydrogen (secondary N) is 8. The second kappa shape index (κ2) is 41.7. The zero-order chi connectivity index (χ0) is 68.5. The van der Waals surface area contributed by atoms with E-state index in [2.05, 4.69) is 47.5 Å². The van der Waals surface area contributed by atoms with Gasteiger partial charge in [-0.25, -0.2) is 0 Å². The molecule has 92 heavy (non-hydrogen) atoms. The molecule has 514 valence electrons. The molecule has 31 nitrogen and oxygen atoms in total. The minimum absolute atomic E-state index is 0.0208. The van der Waals surface area contributed by atoms with E-state index >= 15 is 0 Å². The predicted octanol–water partition coefficient (Wildman–Crippen LogP) is -4.20. The molecule has 22 N–H and O–H groups in total. The molecule has 0 saturated carbocycles. The van der Waals surface area contributed by atoms with Gasteiger partial charge in [0, 0.05) is 38.9 Å². The summed E-state index contributed by atoms with van der Waals surface area (Å²) in [5.74, 6) is -9.32. The van der Waals surface area contributed by atoms with Gasteiger partial charge < -0.3 is 92.5 Å². The Morgan fingerprint density at radius 1 is 0.554 bits per heavy atom. The number of hydrogen-bond donors (Lipinski definition) is 15. The third kappa shape index (κ3) is 28.0. The monoisotopic (exact) mass is 1330 g/mol. The molecule has 2 fully saturated rings. The summed E-state index contributed by atoms with van der Waals surface area (Å²) < 4.78 is 0. The van der Waals surface area contributed by atoms with Crippen molar-refractivity contribution in [1.29, 1.82) is 0 Å². The summed E-state index contributed by atoms with van der Waals surface area (Å²) in [6.45, 7) is 3.90. The molecule has 0 bridgehead atoms.